The van der Waals surface area contributed by atoms with Gasteiger partial charge in [-0.05, 0) is 63.1 Å². The Balaban J connectivity index is 1.80. The molecule has 0 aliphatic rings. The molecule has 0 atom stereocenters. The Kier molecular flexibility index (Phi) is 8.66. The van der Waals surface area contributed by atoms with Gasteiger partial charge < -0.3 is 20.3 Å². The first-order valence-electron chi connectivity index (χ1n) is 11.1. The SMILES string of the molecule is CC#CC(=O)N(CC)CCN(CC)c1nc(-c2ccc(Oc3ccccc3)cc2)c(C(N)=O)s1. The van der Waals surface area contributed by atoms with Crippen molar-refractivity contribution in [1.29, 1.82) is 0 Å². The smallest absolute Gasteiger partial charge is 0.298 e. The Hall–Kier alpha value is -3.83. The Morgan fingerprint density at radius 3 is 2.26 bits per heavy atom. The summed E-state index contributed by atoms with van der Waals surface area (Å²) in [5.74, 6) is 5.93. The summed E-state index contributed by atoms with van der Waals surface area (Å²) in [7, 11) is 0. The number of para-hydroxylation sites is 1. The number of anilines is 1. The fraction of sp³-hybridized carbons (Fsp3) is 0.269. The number of hydrogen-bond acceptors (Lipinski definition) is 6. The van der Waals surface area contributed by atoms with E-state index >= 15 is 0 Å². The number of carbonyl (C=O) groups excluding carboxylic acids is 2. The van der Waals surface area contributed by atoms with Gasteiger partial charge in [-0.3, -0.25) is 9.59 Å². The molecule has 176 valence electrons. The van der Waals surface area contributed by atoms with Gasteiger partial charge in [-0.15, -0.1) is 0 Å². The molecule has 1 aromatic heterocycles. The molecule has 2 amide bonds. The molecule has 0 saturated carbocycles. The van der Waals surface area contributed by atoms with Crippen molar-refractivity contribution < 1.29 is 14.3 Å². The van der Waals surface area contributed by atoms with Crippen molar-refractivity contribution in [2.24, 2.45) is 5.73 Å². The monoisotopic (exact) mass is 476 g/mol. The van der Waals surface area contributed by atoms with Gasteiger partial charge in [0.25, 0.3) is 11.8 Å². The number of aromatic nitrogens is 1. The van der Waals surface area contributed by atoms with E-state index in [2.05, 4.69) is 11.8 Å². The highest BCUT2D eigenvalue weighted by Gasteiger charge is 2.21. The molecular weight excluding hydrogens is 448 g/mol. The number of benzene rings is 2. The van der Waals surface area contributed by atoms with Crippen LogP contribution >= 0.6 is 11.3 Å². The second-order valence-corrected chi connectivity index (χ2v) is 8.29. The summed E-state index contributed by atoms with van der Waals surface area (Å²) in [4.78, 5) is 33.2. The number of nitrogens with zero attached hydrogens (tertiary/aromatic N) is 3. The van der Waals surface area contributed by atoms with Crippen LogP contribution in [0.2, 0.25) is 0 Å². The Morgan fingerprint density at radius 2 is 1.68 bits per heavy atom. The summed E-state index contributed by atoms with van der Waals surface area (Å²) in [6.45, 7) is 7.87. The van der Waals surface area contributed by atoms with Crippen molar-refractivity contribution in [2.75, 3.05) is 31.1 Å². The van der Waals surface area contributed by atoms with E-state index in [0.29, 0.717) is 47.6 Å². The number of primary amides is 1. The first-order chi connectivity index (χ1) is 16.5. The average molecular weight is 477 g/mol. The minimum Gasteiger partial charge on any atom is -0.457 e. The average Bonchev–Trinajstić information content (AvgIpc) is 3.29. The summed E-state index contributed by atoms with van der Waals surface area (Å²) in [5, 5.41) is 0.681. The lowest BCUT2D eigenvalue weighted by Crippen LogP contribution is -2.38. The Bertz CT molecular complexity index is 1180. The van der Waals surface area contributed by atoms with Crippen molar-refractivity contribution in [3.8, 4) is 34.6 Å². The standard InChI is InChI=1S/C26H28N4O3S/c1-4-10-22(31)29(5-2)17-18-30(6-3)26-28-23(24(34-26)25(27)32)19-13-15-21(16-14-19)33-20-11-8-7-9-12-20/h7-9,11-16H,5-6,17-18H2,1-3H3,(H2,27,32). The van der Waals surface area contributed by atoms with E-state index in [1.165, 1.54) is 11.3 Å². The lowest BCUT2D eigenvalue weighted by molar-refractivity contribution is -0.124. The molecular formula is C26H28N4O3S. The molecule has 0 aliphatic carbocycles. The van der Waals surface area contributed by atoms with E-state index in [-0.39, 0.29) is 5.91 Å². The second-order valence-electron chi connectivity index (χ2n) is 7.32. The van der Waals surface area contributed by atoms with Crippen LogP contribution < -0.4 is 15.4 Å². The Labute approximate surface area is 204 Å². The van der Waals surface area contributed by atoms with Crippen molar-refractivity contribution in [1.82, 2.24) is 9.88 Å². The predicted octanol–water partition coefficient (Wildman–Crippen LogP) is 4.40. The van der Waals surface area contributed by atoms with E-state index in [9.17, 15) is 9.59 Å². The number of carbonyl (C=O) groups is 2. The molecule has 0 fully saturated rings. The van der Waals surface area contributed by atoms with Crippen LogP contribution in [0.5, 0.6) is 11.5 Å². The quantitative estimate of drug-likeness (QED) is 0.438. The largest absolute Gasteiger partial charge is 0.457 e. The third-order valence-electron chi connectivity index (χ3n) is 5.14. The van der Waals surface area contributed by atoms with Gasteiger partial charge in [-0.25, -0.2) is 4.98 Å². The maximum absolute atomic E-state index is 12.2. The van der Waals surface area contributed by atoms with Crippen LogP contribution in [0.25, 0.3) is 11.3 Å². The molecule has 34 heavy (non-hydrogen) atoms. The van der Waals surface area contributed by atoms with E-state index in [4.69, 9.17) is 15.5 Å². The number of thiazole rings is 1. The van der Waals surface area contributed by atoms with Crippen LogP contribution in [0.4, 0.5) is 5.13 Å². The Morgan fingerprint density at radius 1 is 1.00 bits per heavy atom. The first kappa shape index (κ1) is 24.8. The third kappa shape index (κ3) is 6.15. The van der Waals surface area contributed by atoms with E-state index in [0.717, 1.165) is 11.3 Å². The molecule has 0 bridgehead atoms. The molecule has 2 aromatic carbocycles. The van der Waals surface area contributed by atoms with Gasteiger partial charge in [-0.1, -0.05) is 35.5 Å². The molecule has 3 rings (SSSR count). The molecule has 1 heterocycles. The van der Waals surface area contributed by atoms with Crippen molar-refractivity contribution in [3.05, 3.63) is 59.5 Å². The number of rotatable bonds is 10. The van der Waals surface area contributed by atoms with E-state index in [1.54, 1.807) is 11.8 Å². The van der Waals surface area contributed by atoms with Crippen molar-refractivity contribution in [2.45, 2.75) is 20.8 Å². The summed E-state index contributed by atoms with van der Waals surface area (Å²) in [6.07, 6.45) is 0. The molecule has 2 N–H and O–H groups in total. The molecule has 8 heteroatoms. The van der Waals surface area contributed by atoms with Crippen LogP contribution in [0.15, 0.2) is 54.6 Å². The predicted molar refractivity (Wildman–Crippen MR) is 136 cm³/mol. The van der Waals surface area contributed by atoms with Gasteiger partial charge in [0.1, 0.15) is 16.4 Å². The van der Waals surface area contributed by atoms with E-state index in [1.807, 2.05) is 73.3 Å². The summed E-state index contributed by atoms with van der Waals surface area (Å²) < 4.78 is 5.85. The molecule has 0 aliphatic heterocycles. The van der Waals surface area contributed by atoms with Gasteiger partial charge in [-0.2, -0.15) is 0 Å². The molecule has 7 nitrogen and oxygen atoms in total. The molecule has 0 unspecified atom stereocenters. The normalized spacial score (nSPS) is 10.2. The fourth-order valence-corrected chi connectivity index (χ4v) is 4.36. The number of amides is 2. The first-order valence-corrected chi connectivity index (χ1v) is 11.9. The van der Waals surface area contributed by atoms with Crippen molar-refractivity contribution >= 4 is 28.3 Å². The zero-order valence-electron chi connectivity index (χ0n) is 19.6. The highest BCUT2D eigenvalue weighted by Crippen LogP contribution is 2.34. The second kappa shape index (κ2) is 11.9. The van der Waals surface area contributed by atoms with Gasteiger partial charge in [0.2, 0.25) is 0 Å². The molecule has 0 radical (unpaired) electrons. The van der Waals surface area contributed by atoms with Crippen LogP contribution in [-0.4, -0.2) is 47.9 Å². The molecule has 0 spiro atoms. The zero-order chi connectivity index (χ0) is 24.5. The highest BCUT2D eigenvalue weighted by atomic mass is 32.1. The summed E-state index contributed by atoms with van der Waals surface area (Å²) in [5.41, 5.74) is 6.99. The topological polar surface area (TPSA) is 88.8 Å². The van der Waals surface area contributed by atoms with Gasteiger partial charge >= 0.3 is 0 Å². The maximum Gasteiger partial charge on any atom is 0.298 e. The summed E-state index contributed by atoms with van der Waals surface area (Å²) in [6, 6.07) is 16.9. The van der Waals surface area contributed by atoms with Crippen molar-refractivity contribution in [3.63, 3.8) is 0 Å². The minimum absolute atomic E-state index is 0.198. The number of nitrogens with two attached hydrogens (primary N) is 1. The number of hydrogen-bond donors (Lipinski definition) is 1. The third-order valence-corrected chi connectivity index (χ3v) is 6.27. The van der Waals surface area contributed by atoms with E-state index < -0.39 is 5.91 Å². The number of likely N-dealkylation sites (N-methyl/N-ethyl adjacent to an activating group) is 2. The fourth-order valence-electron chi connectivity index (χ4n) is 3.33. The lowest BCUT2D eigenvalue weighted by atomic mass is 10.1. The molecule has 3 aromatic rings. The zero-order valence-corrected chi connectivity index (χ0v) is 20.4. The summed E-state index contributed by atoms with van der Waals surface area (Å²) >= 11 is 1.26. The van der Waals surface area contributed by atoms with Crippen LogP contribution in [-0.2, 0) is 4.79 Å². The minimum atomic E-state index is -0.525. The lowest BCUT2D eigenvalue weighted by Gasteiger charge is -2.24. The van der Waals surface area contributed by atoms with Crippen LogP contribution in [0.1, 0.15) is 30.4 Å². The highest BCUT2D eigenvalue weighted by molar-refractivity contribution is 7.18. The maximum atomic E-state index is 12.2. The van der Waals surface area contributed by atoms with Crippen LogP contribution in [0.3, 0.4) is 0 Å². The van der Waals surface area contributed by atoms with Gasteiger partial charge in [0.05, 0.1) is 5.69 Å². The van der Waals surface area contributed by atoms with Gasteiger partial charge in [0, 0.05) is 31.7 Å². The molecule has 0 saturated heterocycles. The van der Waals surface area contributed by atoms with Crippen LogP contribution in [0, 0.1) is 11.8 Å². The number of ether oxygens (including phenoxy) is 1. The van der Waals surface area contributed by atoms with Gasteiger partial charge in [0.15, 0.2) is 5.13 Å².